The highest BCUT2D eigenvalue weighted by Gasteiger charge is 2.26. The van der Waals surface area contributed by atoms with E-state index in [-0.39, 0.29) is 0 Å². The van der Waals surface area contributed by atoms with E-state index in [2.05, 4.69) is 12.2 Å². The molecule has 0 aliphatic heterocycles. The highest BCUT2D eigenvalue weighted by atomic mass is 14.9. The Balaban J connectivity index is 1.63. The molecule has 2 atom stereocenters. The molecule has 14 heavy (non-hydrogen) atoms. The van der Waals surface area contributed by atoms with Gasteiger partial charge in [-0.25, -0.2) is 0 Å². The molecular formula is C13H25N. The average molecular weight is 195 g/mol. The molecule has 0 aromatic carbocycles. The van der Waals surface area contributed by atoms with Gasteiger partial charge in [0.15, 0.2) is 0 Å². The molecule has 0 radical (unpaired) electrons. The van der Waals surface area contributed by atoms with E-state index in [9.17, 15) is 0 Å². The van der Waals surface area contributed by atoms with Gasteiger partial charge in [0.05, 0.1) is 0 Å². The predicted molar refractivity (Wildman–Crippen MR) is 61.4 cm³/mol. The van der Waals surface area contributed by atoms with E-state index in [1.165, 1.54) is 57.9 Å². The van der Waals surface area contributed by atoms with E-state index in [1.807, 2.05) is 0 Å². The van der Waals surface area contributed by atoms with Gasteiger partial charge < -0.3 is 5.32 Å². The largest absolute Gasteiger partial charge is 0.313 e. The second-order valence-corrected chi connectivity index (χ2v) is 5.43. The SMILES string of the molecule is CC1CCC1NCC1CCCCCC1. The molecule has 2 aliphatic rings. The third kappa shape index (κ3) is 2.73. The van der Waals surface area contributed by atoms with Crippen molar-refractivity contribution in [2.45, 2.75) is 64.3 Å². The maximum absolute atomic E-state index is 3.77. The molecule has 0 spiro atoms. The van der Waals surface area contributed by atoms with Crippen LogP contribution in [0.4, 0.5) is 0 Å². The molecule has 0 aromatic heterocycles. The molecular weight excluding hydrogens is 170 g/mol. The van der Waals surface area contributed by atoms with E-state index in [0.29, 0.717) is 0 Å². The summed E-state index contributed by atoms with van der Waals surface area (Å²) in [4.78, 5) is 0. The van der Waals surface area contributed by atoms with Gasteiger partial charge in [-0.1, -0.05) is 32.6 Å². The van der Waals surface area contributed by atoms with Gasteiger partial charge in [0.1, 0.15) is 0 Å². The fourth-order valence-electron chi connectivity index (χ4n) is 2.86. The van der Waals surface area contributed by atoms with Crippen LogP contribution in [0.15, 0.2) is 0 Å². The zero-order chi connectivity index (χ0) is 9.80. The molecule has 0 saturated heterocycles. The Labute approximate surface area is 88.7 Å². The van der Waals surface area contributed by atoms with E-state index in [4.69, 9.17) is 0 Å². The van der Waals surface area contributed by atoms with Crippen LogP contribution in [0.5, 0.6) is 0 Å². The van der Waals surface area contributed by atoms with Crippen molar-refractivity contribution in [2.75, 3.05) is 6.54 Å². The van der Waals surface area contributed by atoms with Crippen LogP contribution in [0.2, 0.25) is 0 Å². The minimum absolute atomic E-state index is 0.859. The zero-order valence-electron chi connectivity index (χ0n) is 9.60. The number of rotatable bonds is 3. The number of hydrogen-bond donors (Lipinski definition) is 1. The van der Waals surface area contributed by atoms with Crippen molar-refractivity contribution in [3.05, 3.63) is 0 Å². The van der Waals surface area contributed by atoms with E-state index < -0.39 is 0 Å². The molecule has 2 aliphatic carbocycles. The topological polar surface area (TPSA) is 12.0 Å². The van der Waals surface area contributed by atoms with Crippen molar-refractivity contribution < 1.29 is 0 Å². The Bertz CT molecular complexity index is 159. The van der Waals surface area contributed by atoms with Crippen molar-refractivity contribution in [1.82, 2.24) is 5.32 Å². The second kappa shape index (κ2) is 5.16. The van der Waals surface area contributed by atoms with Gasteiger partial charge in [0.25, 0.3) is 0 Å². The molecule has 2 saturated carbocycles. The van der Waals surface area contributed by atoms with Crippen LogP contribution in [0.1, 0.15) is 58.3 Å². The molecule has 2 fully saturated rings. The van der Waals surface area contributed by atoms with Crippen LogP contribution in [0, 0.1) is 11.8 Å². The van der Waals surface area contributed by atoms with Crippen LogP contribution < -0.4 is 5.32 Å². The van der Waals surface area contributed by atoms with E-state index >= 15 is 0 Å². The smallest absolute Gasteiger partial charge is 0.00929 e. The quantitative estimate of drug-likeness (QED) is 0.681. The first kappa shape index (κ1) is 10.5. The monoisotopic (exact) mass is 195 g/mol. The molecule has 0 bridgehead atoms. The molecule has 2 unspecified atom stereocenters. The van der Waals surface area contributed by atoms with Crippen molar-refractivity contribution >= 4 is 0 Å². The van der Waals surface area contributed by atoms with Gasteiger partial charge in [0, 0.05) is 6.04 Å². The van der Waals surface area contributed by atoms with Gasteiger partial charge >= 0.3 is 0 Å². The molecule has 2 rings (SSSR count). The summed E-state index contributed by atoms with van der Waals surface area (Å²) in [6.45, 7) is 3.68. The summed E-state index contributed by atoms with van der Waals surface area (Å²) in [6, 6.07) is 0.859. The van der Waals surface area contributed by atoms with Gasteiger partial charge in [-0.3, -0.25) is 0 Å². The summed E-state index contributed by atoms with van der Waals surface area (Å²) in [5, 5.41) is 3.77. The van der Waals surface area contributed by atoms with E-state index in [0.717, 1.165) is 17.9 Å². The van der Waals surface area contributed by atoms with Crippen LogP contribution >= 0.6 is 0 Å². The zero-order valence-corrected chi connectivity index (χ0v) is 9.60. The standard InChI is InChI=1S/C13H25N/c1-11-8-9-13(11)14-10-12-6-4-2-3-5-7-12/h11-14H,2-10H2,1H3. The van der Waals surface area contributed by atoms with Crippen molar-refractivity contribution in [2.24, 2.45) is 11.8 Å². The van der Waals surface area contributed by atoms with Crippen molar-refractivity contribution in [3.63, 3.8) is 0 Å². The van der Waals surface area contributed by atoms with Crippen LogP contribution in [0.3, 0.4) is 0 Å². The Kier molecular flexibility index (Phi) is 3.86. The normalized spacial score (nSPS) is 34.9. The first-order valence-electron chi connectivity index (χ1n) is 6.59. The molecule has 1 nitrogen and oxygen atoms in total. The molecule has 0 aromatic rings. The lowest BCUT2D eigenvalue weighted by atomic mass is 9.81. The summed E-state index contributed by atoms with van der Waals surface area (Å²) in [7, 11) is 0. The molecule has 82 valence electrons. The van der Waals surface area contributed by atoms with Gasteiger partial charge in [-0.05, 0) is 44.1 Å². The van der Waals surface area contributed by atoms with Crippen molar-refractivity contribution in [1.29, 1.82) is 0 Å². The minimum atomic E-state index is 0.859. The Morgan fingerprint density at radius 2 is 1.64 bits per heavy atom. The van der Waals surface area contributed by atoms with Gasteiger partial charge in [-0.15, -0.1) is 0 Å². The summed E-state index contributed by atoms with van der Waals surface area (Å²) in [6.07, 6.45) is 11.8. The summed E-state index contributed by atoms with van der Waals surface area (Å²) < 4.78 is 0. The Hall–Kier alpha value is -0.0400. The lowest BCUT2D eigenvalue weighted by Gasteiger charge is -2.35. The second-order valence-electron chi connectivity index (χ2n) is 5.43. The van der Waals surface area contributed by atoms with Gasteiger partial charge in [-0.2, -0.15) is 0 Å². The molecule has 1 heteroatoms. The maximum atomic E-state index is 3.77. The first-order chi connectivity index (χ1) is 6.86. The number of nitrogens with one attached hydrogen (secondary N) is 1. The summed E-state index contributed by atoms with van der Waals surface area (Å²) in [5.74, 6) is 1.94. The lowest BCUT2D eigenvalue weighted by molar-refractivity contribution is 0.216. The highest BCUT2D eigenvalue weighted by molar-refractivity contribution is 4.84. The number of hydrogen-bond acceptors (Lipinski definition) is 1. The van der Waals surface area contributed by atoms with Crippen molar-refractivity contribution in [3.8, 4) is 0 Å². The summed E-state index contributed by atoms with van der Waals surface area (Å²) >= 11 is 0. The highest BCUT2D eigenvalue weighted by Crippen LogP contribution is 2.28. The third-order valence-corrected chi connectivity index (χ3v) is 4.26. The maximum Gasteiger partial charge on any atom is 0.00929 e. The lowest BCUT2D eigenvalue weighted by Crippen LogP contribution is -2.44. The summed E-state index contributed by atoms with van der Waals surface area (Å²) in [5.41, 5.74) is 0. The molecule has 0 heterocycles. The average Bonchev–Trinajstić information content (AvgIpc) is 2.44. The van der Waals surface area contributed by atoms with Crippen LogP contribution in [0.25, 0.3) is 0 Å². The van der Waals surface area contributed by atoms with Crippen LogP contribution in [-0.4, -0.2) is 12.6 Å². The van der Waals surface area contributed by atoms with E-state index in [1.54, 1.807) is 0 Å². The predicted octanol–water partition coefficient (Wildman–Crippen LogP) is 3.34. The Morgan fingerprint density at radius 1 is 0.929 bits per heavy atom. The van der Waals surface area contributed by atoms with Gasteiger partial charge in [0.2, 0.25) is 0 Å². The fourth-order valence-corrected chi connectivity index (χ4v) is 2.86. The first-order valence-corrected chi connectivity index (χ1v) is 6.59. The molecule has 1 N–H and O–H groups in total. The Morgan fingerprint density at radius 3 is 2.14 bits per heavy atom. The third-order valence-electron chi connectivity index (χ3n) is 4.26. The fraction of sp³-hybridized carbons (Fsp3) is 1.00. The molecule has 0 amide bonds. The minimum Gasteiger partial charge on any atom is -0.313 e. The van der Waals surface area contributed by atoms with Crippen LogP contribution in [-0.2, 0) is 0 Å².